The van der Waals surface area contributed by atoms with Crippen LogP contribution in [0.4, 0.5) is 13.2 Å². The molecule has 1 N–H and O–H groups in total. The van der Waals surface area contributed by atoms with Crippen molar-refractivity contribution in [1.29, 1.82) is 0 Å². The predicted octanol–water partition coefficient (Wildman–Crippen LogP) is 3.41. The summed E-state index contributed by atoms with van der Waals surface area (Å²) in [6.45, 7) is 8.10. The number of benzene rings is 1. The molecule has 0 bridgehead atoms. The third-order valence-corrected chi connectivity index (χ3v) is 4.29. The number of piperazine rings is 1. The zero-order valence-electron chi connectivity index (χ0n) is 13.2. The van der Waals surface area contributed by atoms with Crippen LogP contribution < -0.4 is 9.74 Å². The summed E-state index contributed by atoms with van der Waals surface area (Å²) in [5.41, 5.74) is 0.275. The van der Waals surface area contributed by atoms with Gasteiger partial charge in [-0.2, -0.15) is 13.2 Å². The molecule has 1 aromatic rings. The van der Waals surface area contributed by atoms with Gasteiger partial charge in [0.2, 0.25) is 8.32 Å². The van der Waals surface area contributed by atoms with Crippen molar-refractivity contribution in [1.82, 2.24) is 10.2 Å². The van der Waals surface area contributed by atoms with Gasteiger partial charge in [0.25, 0.3) is 0 Å². The maximum atomic E-state index is 13.5. The molecule has 1 heterocycles. The molecule has 0 aromatic heterocycles. The Labute approximate surface area is 130 Å². The number of halogens is 3. The lowest BCUT2D eigenvalue weighted by atomic mass is 10.0. The fourth-order valence-corrected chi connectivity index (χ4v) is 3.46. The van der Waals surface area contributed by atoms with Crippen molar-refractivity contribution in [3.63, 3.8) is 0 Å². The Hall–Kier alpha value is -1.05. The molecule has 0 amide bonds. The number of nitrogens with one attached hydrogen (secondary N) is 1. The molecule has 1 aliphatic rings. The van der Waals surface area contributed by atoms with Gasteiger partial charge in [-0.3, -0.25) is 4.90 Å². The van der Waals surface area contributed by atoms with Gasteiger partial charge in [0.1, 0.15) is 11.8 Å². The first-order chi connectivity index (χ1) is 10.2. The van der Waals surface area contributed by atoms with E-state index in [1.54, 1.807) is 12.1 Å². The summed E-state index contributed by atoms with van der Waals surface area (Å²) in [4.78, 5) is 1.49. The summed E-state index contributed by atoms with van der Waals surface area (Å²) >= 11 is 0. The number of rotatable bonds is 4. The highest BCUT2D eigenvalue weighted by atomic mass is 28.4. The lowest BCUT2D eigenvalue weighted by molar-refractivity contribution is -0.187. The highest BCUT2D eigenvalue weighted by Crippen LogP contribution is 2.38. The number of alkyl halides is 3. The standard InChI is InChI=1S/C15H23F3N2OSi/c1-22(2,3)21-13-6-4-12(5-7-13)14(15(16,17)18)20-10-8-19-9-11-20/h4-7,14,19H,8-11H2,1-3H3/t14-/m0/s1. The largest absolute Gasteiger partial charge is 0.544 e. The Morgan fingerprint density at radius 2 is 1.64 bits per heavy atom. The second-order valence-electron chi connectivity index (χ2n) is 6.51. The van der Waals surface area contributed by atoms with Crippen LogP contribution in [0.25, 0.3) is 0 Å². The molecule has 2 rings (SSSR count). The molecular formula is C15H23F3N2OSi. The summed E-state index contributed by atoms with van der Waals surface area (Å²) in [7, 11) is -1.75. The fourth-order valence-electron chi connectivity index (χ4n) is 2.62. The first-order valence-electron chi connectivity index (χ1n) is 7.47. The van der Waals surface area contributed by atoms with Gasteiger partial charge in [-0.1, -0.05) is 12.1 Å². The van der Waals surface area contributed by atoms with E-state index in [-0.39, 0.29) is 5.56 Å². The first kappa shape index (κ1) is 17.3. The van der Waals surface area contributed by atoms with Crippen LogP contribution in [0.3, 0.4) is 0 Å². The van der Waals surface area contributed by atoms with Gasteiger partial charge in [0.15, 0.2) is 0 Å². The van der Waals surface area contributed by atoms with Crippen LogP contribution in [-0.4, -0.2) is 45.6 Å². The normalized spacial score (nSPS) is 19.0. The Morgan fingerprint density at radius 3 is 2.09 bits per heavy atom. The summed E-state index contributed by atoms with van der Waals surface area (Å²) < 4.78 is 46.2. The van der Waals surface area contributed by atoms with E-state index in [1.807, 2.05) is 19.6 Å². The molecule has 22 heavy (non-hydrogen) atoms. The van der Waals surface area contributed by atoms with Crippen LogP contribution in [-0.2, 0) is 0 Å². The fraction of sp³-hybridized carbons (Fsp3) is 0.600. The van der Waals surface area contributed by atoms with E-state index in [4.69, 9.17) is 4.43 Å². The number of hydrogen-bond acceptors (Lipinski definition) is 3. The van der Waals surface area contributed by atoms with E-state index in [0.29, 0.717) is 31.9 Å². The molecule has 1 saturated heterocycles. The van der Waals surface area contributed by atoms with E-state index in [2.05, 4.69) is 5.32 Å². The molecule has 0 unspecified atom stereocenters. The molecule has 1 aromatic carbocycles. The molecule has 3 nitrogen and oxygen atoms in total. The van der Waals surface area contributed by atoms with Crippen molar-refractivity contribution in [3.05, 3.63) is 29.8 Å². The Balaban J connectivity index is 2.20. The van der Waals surface area contributed by atoms with Crippen LogP contribution in [0.5, 0.6) is 5.75 Å². The zero-order chi connectivity index (χ0) is 16.4. The molecule has 0 saturated carbocycles. The Kier molecular flexibility index (Phi) is 5.19. The van der Waals surface area contributed by atoms with Crippen LogP contribution in [0.1, 0.15) is 11.6 Å². The lowest BCUT2D eigenvalue weighted by Crippen LogP contribution is -2.49. The van der Waals surface area contributed by atoms with Crippen LogP contribution in [0, 0.1) is 0 Å². The van der Waals surface area contributed by atoms with Gasteiger partial charge in [0.05, 0.1) is 0 Å². The maximum absolute atomic E-state index is 13.5. The number of hydrogen-bond donors (Lipinski definition) is 1. The van der Waals surface area contributed by atoms with E-state index in [1.165, 1.54) is 17.0 Å². The molecule has 124 valence electrons. The third-order valence-electron chi connectivity index (χ3n) is 3.45. The average Bonchev–Trinajstić information content (AvgIpc) is 2.39. The topological polar surface area (TPSA) is 24.5 Å². The molecule has 1 aliphatic heterocycles. The van der Waals surface area contributed by atoms with Gasteiger partial charge in [-0.15, -0.1) is 0 Å². The summed E-state index contributed by atoms with van der Waals surface area (Å²) in [6.07, 6.45) is -4.28. The highest BCUT2D eigenvalue weighted by Gasteiger charge is 2.44. The molecule has 0 spiro atoms. The minimum Gasteiger partial charge on any atom is -0.544 e. The summed E-state index contributed by atoms with van der Waals surface area (Å²) in [6, 6.07) is 4.82. The molecule has 0 radical (unpaired) electrons. The minimum atomic E-state index is -4.28. The number of nitrogens with zero attached hydrogens (tertiary/aromatic N) is 1. The van der Waals surface area contributed by atoms with Gasteiger partial charge in [-0.25, -0.2) is 0 Å². The van der Waals surface area contributed by atoms with Crippen LogP contribution in [0.15, 0.2) is 24.3 Å². The second-order valence-corrected chi connectivity index (χ2v) is 10.9. The van der Waals surface area contributed by atoms with Crippen LogP contribution >= 0.6 is 0 Å². The molecular weight excluding hydrogens is 309 g/mol. The van der Waals surface area contributed by atoms with Crippen molar-refractivity contribution < 1.29 is 17.6 Å². The molecule has 1 fully saturated rings. The van der Waals surface area contributed by atoms with Crippen molar-refractivity contribution in [2.45, 2.75) is 31.9 Å². The Morgan fingerprint density at radius 1 is 1.09 bits per heavy atom. The average molecular weight is 332 g/mol. The van der Waals surface area contributed by atoms with Crippen molar-refractivity contribution in [2.24, 2.45) is 0 Å². The monoisotopic (exact) mass is 332 g/mol. The Bertz CT molecular complexity index is 479. The molecule has 0 aliphatic carbocycles. The summed E-state index contributed by atoms with van der Waals surface area (Å²) in [5, 5.41) is 3.08. The van der Waals surface area contributed by atoms with Crippen LogP contribution in [0.2, 0.25) is 19.6 Å². The van der Waals surface area contributed by atoms with E-state index < -0.39 is 20.5 Å². The first-order valence-corrected chi connectivity index (χ1v) is 10.9. The maximum Gasteiger partial charge on any atom is 0.408 e. The van der Waals surface area contributed by atoms with E-state index in [9.17, 15) is 13.2 Å². The summed E-state index contributed by atoms with van der Waals surface area (Å²) in [5.74, 6) is 0.643. The quantitative estimate of drug-likeness (QED) is 0.855. The SMILES string of the molecule is C[Si](C)(C)Oc1ccc([C@H](N2CCNCC2)C(F)(F)F)cc1. The van der Waals surface area contributed by atoms with Crippen molar-refractivity contribution in [3.8, 4) is 5.75 Å². The van der Waals surface area contributed by atoms with Crippen molar-refractivity contribution in [2.75, 3.05) is 26.2 Å². The smallest absolute Gasteiger partial charge is 0.408 e. The van der Waals surface area contributed by atoms with Gasteiger partial charge in [-0.05, 0) is 37.3 Å². The van der Waals surface area contributed by atoms with E-state index in [0.717, 1.165) is 0 Å². The zero-order valence-corrected chi connectivity index (χ0v) is 14.2. The van der Waals surface area contributed by atoms with E-state index >= 15 is 0 Å². The molecule has 1 atom stereocenters. The molecule has 7 heteroatoms. The predicted molar refractivity (Wildman–Crippen MR) is 83.7 cm³/mol. The highest BCUT2D eigenvalue weighted by molar-refractivity contribution is 6.70. The third kappa shape index (κ3) is 4.72. The van der Waals surface area contributed by atoms with Gasteiger partial charge >= 0.3 is 6.18 Å². The minimum absolute atomic E-state index is 0.275. The second kappa shape index (κ2) is 6.60. The lowest BCUT2D eigenvalue weighted by Gasteiger charge is -2.36. The van der Waals surface area contributed by atoms with Crippen molar-refractivity contribution >= 4 is 8.32 Å². The van der Waals surface area contributed by atoms with Gasteiger partial charge in [0, 0.05) is 26.2 Å². The van der Waals surface area contributed by atoms with Gasteiger partial charge < -0.3 is 9.74 Å².